The van der Waals surface area contributed by atoms with Crippen molar-refractivity contribution in [3.8, 4) is 0 Å². The Hall–Kier alpha value is -1.66. The molecule has 0 aliphatic heterocycles. The number of para-hydroxylation sites is 1. The van der Waals surface area contributed by atoms with E-state index in [1.165, 1.54) is 0 Å². The van der Waals surface area contributed by atoms with Crippen molar-refractivity contribution in [2.75, 3.05) is 10.7 Å². The first-order chi connectivity index (χ1) is 9.26. The Morgan fingerprint density at radius 1 is 1.16 bits per heavy atom. The van der Waals surface area contributed by atoms with Crippen molar-refractivity contribution in [1.29, 1.82) is 0 Å². The SMILES string of the molecule is NNc1cc(Nc2ccccc2Br)nc(C2CC2)n1. The van der Waals surface area contributed by atoms with Gasteiger partial charge in [0.2, 0.25) is 0 Å². The first-order valence-corrected chi connectivity index (χ1v) is 6.92. The van der Waals surface area contributed by atoms with Gasteiger partial charge in [-0.05, 0) is 40.9 Å². The van der Waals surface area contributed by atoms with E-state index in [0.29, 0.717) is 11.7 Å². The van der Waals surface area contributed by atoms with Crippen molar-refractivity contribution in [2.45, 2.75) is 18.8 Å². The largest absolute Gasteiger partial charge is 0.339 e. The molecular weight excluding hydrogens is 306 g/mol. The van der Waals surface area contributed by atoms with Gasteiger partial charge in [-0.2, -0.15) is 0 Å². The summed E-state index contributed by atoms with van der Waals surface area (Å²) in [6, 6.07) is 9.70. The van der Waals surface area contributed by atoms with Gasteiger partial charge in [-0.15, -0.1) is 0 Å². The standard InChI is InChI=1S/C13H14BrN5/c14-9-3-1-2-4-10(9)16-11-7-12(19-15)18-13(17-11)8-5-6-8/h1-4,7-8H,5-6,15H2,(H2,16,17,18,19). The second kappa shape index (κ2) is 5.14. The summed E-state index contributed by atoms with van der Waals surface area (Å²) in [7, 11) is 0. The summed E-state index contributed by atoms with van der Waals surface area (Å²) >= 11 is 3.50. The van der Waals surface area contributed by atoms with Gasteiger partial charge in [0.15, 0.2) is 0 Å². The van der Waals surface area contributed by atoms with Crippen LogP contribution in [0.5, 0.6) is 0 Å². The van der Waals surface area contributed by atoms with Gasteiger partial charge in [-0.1, -0.05) is 12.1 Å². The van der Waals surface area contributed by atoms with Crippen molar-refractivity contribution in [2.24, 2.45) is 5.84 Å². The molecule has 19 heavy (non-hydrogen) atoms. The Morgan fingerprint density at radius 3 is 2.58 bits per heavy atom. The van der Waals surface area contributed by atoms with Crippen molar-refractivity contribution < 1.29 is 0 Å². The third-order valence-corrected chi connectivity index (χ3v) is 3.66. The second-order valence-corrected chi connectivity index (χ2v) is 5.37. The lowest BCUT2D eigenvalue weighted by molar-refractivity contribution is 0.929. The molecule has 1 heterocycles. The number of nitrogens with two attached hydrogens (primary N) is 1. The Morgan fingerprint density at radius 2 is 1.89 bits per heavy atom. The van der Waals surface area contributed by atoms with Gasteiger partial charge < -0.3 is 10.7 Å². The lowest BCUT2D eigenvalue weighted by Crippen LogP contribution is -2.11. The number of halogens is 1. The molecule has 0 radical (unpaired) electrons. The van der Waals surface area contributed by atoms with E-state index in [4.69, 9.17) is 5.84 Å². The van der Waals surface area contributed by atoms with Crippen LogP contribution in [-0.2, 0) is 0 Å². The fourth-order valence-electron chi connectivity index (χ4n) is 1.83. The van der Waals surface area contributed by atoms with Gasteiger partial charge in [-0.3, -0.25) is 0 Å². The average Bonchev–Trinajstić information content (AvgIpc) is 3.25. The molecule has 0 amide bonds. The molecule has 2 aromatic rings. The highest BCUT2D eigenvalue weighted by Gasteiger charge is 2.27. The van der Waals surface area contributed by atoms with Crippen LogP contribution in [0.15, 0.2) is 34.8 Å². The third kappa shape index (κ3) is 2.85. The topological polar surface area (TPSA) is 75.9 Å². The van der Waals surface area contributed by atoms with E-state index < -0.39 is 0 Å². The Balaban J connectivity index is 1.91. The van der Waals surface area contributed by atoms with Crippen LogP contribution in [0.2, 0.25) is 0 Å². The maximum Gasteiger partial charge on any atom is 0.145 e. The van der Waals surface area contributed by atoms with Crippen LogP contribution in [0.4, 0.5) is 17.3 Å². The molecule has 4 N–H and O–H groups in total. The zero-order chi connectivity index (χ0) is 13.2. The molecule has 1 saturated carbocycles. The fourth-order valence-corrected chi connectivity index (χ4v) is 2.21. The summed E-state index contributed by atoms with van der Waals surface area (Å²) in [5, 5.41) is 3.28. The van der Waals surface area contributed by atoms with Crippen molar-refractivity contribution in [3.05, 3.63) is 40.6 Å². The zero-order valence-corrected chi connectivity index (χ0v) is 11.8. The van der Waals surface area contributed by atoms with Gasteiger partial charge in [0.05, 0.1) is 5.69 Å². The highest BCUT2D eigenvalue weighted by molar-refractivity contribution is 9.10. The lowest BCUT2D eigenvalue weighted by Gasteiger charge is -2.10. The van der Waals surface area contributed by atoms with Crippen LogP contribution < -0.4 is 16.6 Å². The highest BCUT2D eigenvalue weighted by Crippen LogP contribution is 2.39. The number of hydrogen-bond donors (Lipinski definition) is 3. The van der Waals surface area contributed by atoms with E-state index in [9.17, 15) is 0 Å². The molecule has 0 atom stereocenters. The monoisotopic (exact) mass is 319 g/mol. The molecule has 1 aromatic heterocycles. The molecule has 0 bridgehead atoms. The fraction of sp³-hybridized carbons (Fsp3) is 0.231. The Bertz CT molecular complexity index is 597. The zero-order valence-electron chi connectivity index (χ0n) is 10.2. The molecule has 6 heteroatoms. The maximum atomic E-state index is 5.45. The minimum Gasteiger partial charge on any atom is -0.339 e. The van der Waals surface area contributed by atoms with Gasteiger partial charge in [0.25, 0.3) is 0 Å². The molecule has 1 fully saturated rings. The number of aromatic nitrogens is 2. The molecule has 0 spiro atoms. The van der Waals surface area contributed by atoms with Crippen LogP contribution in [0.25, 0.3) is 0 Å². The summed E-state index contributed by atoms with van der Waals surface area (Å²) in [4.78, 5) is 8.92. The molecule has 5 nitrogen and oxygen atoms in total. The van der Waals surface area contributed by atoms with Crippen molar-refractivity contribution in [1.82, 2.24) is 9.97 Å². The van der Waals surface area contributed by atoms with Crippen LogP contribution in [0.3, 0.4) is 0 Å². The molecule has 98 valence electrons. The maximum absolute atomic E-state index is 5.45. The number of anilines is 3. The van der Waals surface area contributed by atoms with Crippen LogP contribution >= 0.6 is 15.9 Å². The summed E-state index contributed by atoms with van der Waals surface area (Å²) in [5.74, 6) is 8.16. The molecule has 1 aliphatic rings. The minimum absolute atomic E-state index is 0.480. The lowest BCUT2D eigenvalue weighted by atomic mass is 10.3. The Labute approximate surface area is 119 Å². The predicted octanol–water partition coefficient (Wildman–Crippen LogP) is 3.15. The molecule has 1 aliphatic carbocycles. The van der Waals surface area contributed by atoms with Crippen molar-refractivity contribution in [3.63, 3.8) is 0 Å². The minimum atomic E-state index is 0.480. The number of rotatable bonds is 4. The normalized spacial score (nSPS) is 14.2. The number of nitrogen functional groups attached to an aromatic ring is 1. The van der Waals surface area contributed by atoms with E-state index in [1.807, 2.05) is 24.3 Å². The van der Waals surface area contributed by atoms with E-state index in [-0.39, 0.29) is 0 Å². The first kappa shape index (κ1) is 12.4. The molecule has 0 saturated heterocycles. The number of nitrogens with one attached hydrogen (secondary N) is 2. The molecule has 1 aromatic carbocycles. The Kier molecular flexibility index (Phi) is 3.35. The van der Waals surface area contributed by atoms with Crippen molar-refractivity contribution >= 4 is 33.3 Å². The van der Waals surface area contributed by atoms with Gasteiger partial charge in [0, 0.05) is 16.5 Å². The summed E-state index contributed by atoms with van der Waals surface area (Å²) < 4.78 is 0.990. The summed E-state index contributed by atoms with van der Waals surface area (Å²) in [6.07, 6.45) is 2.31. The van der Waals surface area contributed by atoms with Crippen LogP contribution in [0.1, 0.15) is 24.6 Å². The van der Waals surface area contributed by atoms with E-state index >= 15 is 0 Å². The number of hydrogen-bond acceptors (Lipinski definition) is 5. The van der Waals surface area contributed by atoms with E-state index in [1.54, 1.807) is 6.07 Å². The smallest absolute Gasteiger partial charge is 0.145 e. The molecular formula is C13H14BrN5. The average molecular weight is 320 g/mol. The van der Waals surface area contributed by atoms with Crippen LogP contribution in [-0.4, -0.2) is 9.97 Å². The summed E-state index contributed by atoms with van der Waals surface area (Å²) in [5.41, 5.74) is 3.55. The van der Waals surface area contributed by atoms with Crippen LogP contribution in [0, 0.1) is 0 Å². The number of benzene rings is 1. The van der Waals surface area contributed by atoms with Gasteiger partial charge in [0.1, 0.15) is 17.5 Å². The van der Waals surface area contributed by atoms with E-state index in [2.05, 4.69) is 36.6 Å². The quantitative estimate of drug-likeness (QED) is 0.596. The van der Waals surface area contributed by atoms with Gasteiger partial charge in [-0.25, -0.2) is 15.8 Å². The number of hydrazine groups is 1. The highest BCUT2D eigenvalue weighted by atomic mass is 79.9. The molecule has 0 unspecified atom stereocenters. The van der Waals surface area contributed by atoms with E-state index in [0.717, 1.165) is 34.6 Å². The predicted molar refractivity (Wildman–Crippen MR) is 79.2 cm³/mol. The third-order valence-electron chi connectivity index (χ3n) is 2.97. The molecule has 3 rings (SSSR count). The second-order valence-electron chi connectivity index (χ2n) is 4.52. The summed E-state index contributed by atoms with van der Waals surface area (Å²) in [6.45, 7) is 0. The van der Waals surface area contributed by atoms with Gasteiger partial charge >= 0.3 is 0 Å². The number of nitrogens with zero attached hydrogens (tertiary/aromatic N) is 2. The first-order valence-electron chi connectivity index (χ1n) is 6.13.